The molecule has 0 atom stereocenters. The molecule has 0 radical (unpaired) electrons. The van der Waals surface area contributed by atoms with Crippen LogP contribution in [0.3, 0.4) is 0 Å². The van der Waals surface area contributed by atoms with Gasteiger partial charge in [-0.3, -0.25) is 15.0 Å². The van der Waals surface area contributed by atoms with E-state index in [1.165, 1.54) is 17.9 Å². The molecule has 3 rings (SSSR count). The Balaban J connectivity index is 1.60. The first-order valence-corrected chi connectivity index (χ1v) is 7.84. The van der Waals surface area contributed by atoms with Crippen LogP contribution < -0.4 is 10.7 Å². The molecule has 0 bridgehead atoms. The first-order chi connectivity index (χ1) is 10.7. The molecule has 5 nitrogen and oxygen atoms in total. The van der Waals surface area contributed by atoms with E-state index in [2.05, 4.69) is 10.7 Å². The summed E-state index contributed by atoms with van der Waals surface area (Å²) >= 11 is 0. The molecule has 0 spiro atoms. The molecule has 1 aliphatic carbocycles. The Bertz CT molecular complexity index is 577. The standard InChI is InChI=1S/C17H21N3O2/c21-16(18-14-8-4-5-9-14)12-20-17(22)11-10-15(19-20)13-6-2-1-3-7-13/h1-3,6-7,10,14,19H,4-5,8-9,11-12H2,(H,18,21). The number of amides is 2. The molecule has 0 saturated heterocycles. The third kappa shape index (κ3) is 3.47. The van der Waals surface area contributed by atoms with E-state index in [0.717, 1.165) is 24.1 Å². The lowest BCUT2D eigenvalue weighted by Crippen LogP contribution is -2.50. The minimum atomic E-state index is -0.0953. The fraction of sp³-hybridized carbons (Fsp3) is 0.412. The van der Waals surface area contributed by atoms with Crippen LogP contribution >= 0.6 is 0 Å². The highest BCUT2D eigenvalue weighted by Crippen LogP contribution is 2.18. The van der Waals surface area contributed by atoms with Crippen LogP contribution in [0.5, 0.6) is 0 Å². The molecule has 0 aromatic heterocycles. The van der Waals surface area contributed by atoms with Crippen LogP contribution in [0.15, 0.2) is 36.4 Å². The van der Waals surface area contributed by atoms with Crippen molar-refractivity contribution >= 4 is 17.5 Å². The van der Waals surface area contributed by atoms with Gasteiger partial charge in [0.05, 0.1) is 5.70 Å². The molecule has 0 unspecified atom stereocenters. The summed E-state index contributed by atoms with van der Waals surface area (Å²) in [5.74, 6) is -0.177. The van der Waals surface area contributed by atoms with Gasteiger partial charge >= 0.3 is 0 Å². The van der Waals surface area contributed by atoms with E-state index in [1.54, 1.807) is 0 Å². The molecule has 2 N–H and O–H groups in total. The largest absolute Gasteiger partial charge is 0.352 e. The molecule has 1 aliphatic heterocycles. The summed E-state index contributed by atoms with van der Waals surface area (Å²) in [6, 6.07) is 10.1. The van der Waals surface area contributed by atoms with E-state index < -0.39 is 0 Å². The van der Waals surface area contributed by atoms with E-state index in [-0.39, 0.29) is 24.4 Å². The number of rotatable bonds is 4. The zero-order chi connectivity index (χ0) is 15.4. The van der Waals surface area contributed by atoms with Crippen molar-refractivity contribution < 1.29 is 9.59 Å². The molecule has 1 heterocycles. The first-order valence-electron chi connectivity index (χ1n) is 7.84. The van der Waals surface area contributed by atoms with Gasteiger partial charge in [0.2, 0.25) is 11.8 Å². The van der Waals surface area contributed by atoms with Gasteiger partial charge in [0, 0.05) is 12.5 Å². The van der Waals surface area contributed by atoms with Gasteiger partial charge in [0.25, 0.3) is 0 Å². The number of nitrogens with one attached hydrogen (secondary N) is 2. The quantitative estimate of drug-likeness (QED) is 0.891. The molecule has 22 heavy (non-hydrogen) atoms. The van der Waals surface area contributed by atoms with Crippen LogP contribution in [-0.2, 0) is 9.59 Å². The minimum absolute atomic E-state index is 0.0551. The lowest BCUT2D eigenvalue weighted by Gasteiger charge is -2.29. The second-order valence-electron chi connectivity index (χ2n) is 5.83. The molecular formula is C17H21N3O2. The molecule has 2 amide bonds. The van der Waals surface area contributed by atoms with Crippen LogP contribution in [0.25, 0.3) is 5.70 Å². The highest BCUT2D eigenvalue weighted by Gasteiger charge is 2.24. The number of hydrogen-bond acceptors (Lipinski definition) is 3. The van der Waals surface area contributed by atoms with E-state index in [1.807, 2.05) is 36.4 Å². The Morgan fingerprint density at radius 3 is 2.68 bits per heavy atom. The van der Waals surface area contributed by atoms with Crippen LogP contribution in [0.4, 0.5) is 0 Å². The summed E-state index contributed by atoms with van der Waals surface area (Å²) in [5.41, 5.74) is 4.94. The molecule has 1 aromatic carbocycles. The van der Waals surface area contributed by atoms with Gasteiger partial charge in [0.15, 0.2) is 0 Å². The summed E-state index contributed by atoms with van der Waals surface area (Å²) in [7, 11) is 0. The van der Waals surface area contributed by atoms with Crippen LogP contribution in [0.1, 0.15) is 37.7 Å². The topological polar surface area (TPSA) is 61.4 Å². The maximum atomic E-state index is 12.1. The van der Waals surface area contributed by atoms with Crippen molar-refractivity contribution in [2.45, 2.75) is 38.1 Å². The molecule has 1 saturated carbocycles. The fourth-order valence-electron chi connectivity index (χ4n) is 2.97. The lowest BCUT2D eigenvalue weighted by molar-refractivity contribution is -0.138. The fourth-order valence-corrected chi connectivity index (χ4v) is 2.97. The van der Waals surface area contributed by atoms with E-state index in [4.69, 9.17) is 0 Å². The Morgan fingerprint density at radius 1 is 1.23 bits per heavy atom. The molecule has 116 valence electrons. The van der Waals surface area contributed by atoms with E-state index >= 15 is 0 Å². The zero-order valence-corrected chi connectivity index (χ0v) is 12.5. The van der Waals surface area contributed by atoms with Gasteiger partial charge in [-0.2, -0.15) is 0 Å². The maximum absolute atomic E-state index is 12.1. The van der Waals surface area contributed by atoms with Gasteiger partial charge < -0.3 is 5.32 Å². The predicted molar refractivity (Wildman–Crippen MR) is 84.3 cm³/mol. The van der Waals surface area contributed by atoms with Crippen molar-refractivity contribution in [1.29, 1.82) is 0 Å². The monoisotopic (exact) mass is 299 g/mol. The van der Waals surface area contributed by atoms with Crippen molar-refractivity contribution in [1.82, 2.24) is 15.8 Å². The van der Waals surface area contributed by atoms with Gasteiger partial charge in [0.1, 0.15) is 6.54 Å². The van der Waals surface area contributed by atoms with Crippen LogP contribution in [0, 0.1) is 0 Å². The van der Waals surface area contributed by atoms with Crippen molar-refractivity contribution in [3.05, 3.63) is 42.0 Å². The number of benzene rings is 1. The summed E-state index contributed by atoms with van der Waals surface area (Å²) in [6.07, 6.45) is 6.61. The molecule has 5 heteroatoms. The maximum Gasteiger partial charge on any atom is 0.245 e. The number of carbonyl (C=O) groups excluding carboxylic acids is 2. The Morgan fingerprint density at radius 2 is 1.95 bits per heavy atom. The summed E-state index contributed by atoms with van der Waals surface area (Å²) in [4.78, 5) is 24.1. The van der Waals surface area contributed by atoms with Gasteiger partial charge in [-0.1, -0.05) is 43.2 Å². The van der Waals surface area contributed by atoms with Crippen molar-refractivity contribution in [2.75, 3.05) is 6.54 Å². The van der Waals surface area contributed by atoms with Gasteiger partial charge in [-0.25, -0.2) is 5.01 Å². The zero-order valence-electron chi connectivity index (χ0n) is 12.5. The Kier molecular flexibility index (Phi) is 4.42. The summed E-state index contributed by atoms with van der Waals surface area (Å²) < 4.78 is 0. The molecule has 1 fully saturated rings. The van der Waals surface area contributed by atoms with Gasteiger partial charge in [-0.15, -0.1) is 0 Å². The number of hydrazine groups is 1. The summed E-state index contributed by atoms with van der Waals surface area (Å²) in [5, 5.41) is 4.42. The number of nitrogens with zero attached hydrogens (tertiary/aromatic N) is 1. The third-order valence-corrected chi connectivity index (χ3v) is 4.14. The van der Waals surface area contributed by atoms with Crippen LogP contribution in [-0.4, -0.2) is 29.4 Å². The number of hydrogen-bond donors (Lipinski definition) is 2. The highest BCUT2D eigenvalue weighted by molar-refractivity contribution is 5.88. The molecular weight excluding hydrogens is 278 g/mol. The number of carbonyl (C=O) groups is 2. The molecule has 2 aliphatic rings. The van der Waals surface area contributed by atoms with E-state index in [0.29, 0.717) is 6.42 Å². The van der Waals surface area contributed by atoms with Crippen molar-refractivity contribution in [3.8, 4) is 0 Å². The third-order valence-electron chi connectivity index (χ3n) is 4.14. The van der Waals surface area contributed by atoms with Crippen molar-refractivity contribution in [2.24, 2.45) is 0 Å². The smallest absolute Gasteiger partial charge is 0.245 e. The van der Waals surface area contributed by atoms with Crippen molar-refractivity contribution in [3.63, 3.8) is 0 Å². The Labute approximate surface area is 130 Å². The second-order valence-corrected chi connectivity index (χ2v) is 5.83. The minimum Gasteiger partial charge on any atom is -0.352 e. The van der Waals surface area contributed by atoms with Crippen LogP contribution in [0.2, 0.25) is 0 Å². The highest BCUT2D eigenvalue weighted by atomic mass is 16.2. The van der Waals surface area contributed by atoms with E-state index in [9.17, 15) is 9.59 Å². The predicted octanol–water partition coefficient (Wildman–Crippen LogP) is 1.82. The van der Waals surface area contributed by atoms with Gasteiger partial charge in [-0.05, 0) is 24.5 Å². The summed E-state index contributed by atoms with van der Waals surface area (Å²) in [6.45, 7) is 0.0551. The lowest BCUT2D eigenvalue weighted by atomic mass is 10.1. The molecule has 1 aromatic rings. The second kappa shape index (κ2) is 6.64. The average Bonchev–Trinajstić information content (AvgIpc) is 3.03. The average molecular weight is 299 g/mol. The normalized spacial score (nSPS) is 18.8. The Hall–Kier alpha value is -2.30. The first kappa shape index (κ1) is 14.6. The SMILES string of the molecule is O=C(CN1NC(c2ccccc2)=CCC1=O)NC1CCCC1.